The van der Waals surface area contributed by atoms with Crippen molar-refractivity contribution in [3.8, 4) is 0 Å². The van der Waals surface area contributed by atoms with Gasteiger partial charge in [-0.25, -0.2) is 0 Å². The number of hydrogen-bond acceptors (Lipinski definition) is 3. The van der Waals surface area contributed by atoms with Crippen LogP contribution in [0.1, 0.15) is 36.2 Å². The topological polar surface area (TPSA) is 59.8 Å². The number of carbonyl (C=O) groups excluding carboxylic acids is 1. The van der Waals surface area contributed by atoms with Crippen LogP contribution in [0.25, 0.3) is 0 Å². The number of benzene rings is 1. The monoisotopic (exact) mass is 286 g/mol. The van der Waals surface area contributed by atoms with Crippen molar-refractivity contribution in [1.82, 2.24) is 20.1 Å². The maximum absolute atomic E-state index is 12.0. The summed E-state index contributed by atoms with van der Waals surface area (Å²) >= 11 is 0. The van der Waals surface area contributed by atoms with Crippen LogP contribution in [0.5, 0.6) is 0 Å². The van der Waals surface area contributed by atoms with Crippen LogP contribution in [-0.4, -0.2) is 27.2 Å². The summed E-state index contributed by atoms with van der Waals surface area (Å²) in [6.07, 6.45) is 2.18. The molecule has 1 N–H and O–H groups in total. The number of amides is 1. The van der Waals surface area contributed by atoms with Crippen LogP contribution in [0.15, 0.2) is 30.6 Å². The van der Waals surface area contributed by atoms with E-state index in [1.165, 1.54) is 11.1 Å². The lowest BCUT2D eigenvalue weighted by Gasteiger charge is -2.14. The van der Waals surface area contributed by atoms with Crippen LogP contribution in [0.2, 0.25) is 0 Å². The Bertz CT molecular complexity index is 606. The Kier molecular flexibility index (Phi) is 5.09. The van der Waals surface area contributed by atoms with Gasteiger partial charge in [0.25, 0.3) is 0 Å². The summed E-state index contributed by atoms with van der Waals surface area (Å²) in [5.74, 6) is 1.16. The Morgan fingerprint density at radius 3 is 2.76 bits per heavy atom. The molecule has 1 aromatic carbocycles. The number of aromatic nitrogens is 3. The summed E-state index contributed by atoms with van der Waals surface area (Å²) in [4.78, 5) is 12.0. The summed E-state index contributed by atoms with van der Waals surface area (Å²) in [6, 6.07) is 8.21. The molecule has 2 rings (SSSR count). The fraction of sp³-hybridized carbons (Fsp3) is 0.438. The predicted molar refractivity (Wildman–Crippen MR) is 82.0 cm³/mol. The van der Waals surface area contributed by atoms with Crippen molar-refractivity contribution in [3.63, 3.8) is 0 Å². The van der Waals surface area contributed by atoms with Crippen molar-refractivity contribution in [2.75, 3.05) is 6.54 Å². The Hall–Kier alpha value is -2.17. The van der Waals surface area contributed by atoms with Crippen LogP contribution < -0.4 is 5.32 Å². The van der Waals surface area contributed by atoms with Gasteiger partial charge in [0.2, 0.25) is 5.91 Å². The van der Waals surface area contributed by atoms with Crippen LogP contribution in [0.4, 0.5) is 0 Å². The average Bonchev–Trinajstić information content (AvgIpc) is 2.85. The van der Waals surface area contributed by atoms with Gasteiger partial charge in [-0.15, -0.1) is 10.2 Å². The summed E-state index contributed by atoms with van der Waals surface area (Å²) in [6.45, 7) is 7.36. The molecule has 0 saturated carbocycles. The van der Waals surface area contributed by atoms with Gasteiger partial charge in [0, 0.05) is 19.5 Å². The summed E-state index contributed by atoms with van der Waals surface area (Å²) in [7, 11) is 0. The average molecular weight is 286 g/mol. The fourth-order valence-electron chi connectivity index (χ4n) is 2.45. The Labute approximate surface area is 125 Å². The Morgan fingerprint density at radius 2 is 2.10 bits per heavy atom. The molecule has 0 spiro atoms. The van der Waals surface area contributed by atoms with E-state index in [1.807, 2.05) is 23.6 Å². The van der Waals surface area contributed by atoms with E-state index in [0.29, 0.717) is 19.5 Å². The molecule has 1 atom stereocenters. The zero-order chi connectivity index (χ0) is 15.2. The van der Waals surface area contributed by atoms with E-state index < -0.39 is 0 Å². The minimum Gasteiger partial charge on any atom is -0.354 e. The van der Waals surface area contributed by atoms with Crippen molar-refractivity contribution >= 4 is 5.91 Å². The van der Waals surface area contributed by atoms with Crippen molar-refractivity contribution < 1.29 is 4.79 Å². The van der Waals surface area contributed by atoms with Gasteiger partial charge in [0.15, 0.2) is 0 Å². The molecule has 5 heteroatoms. The van der Waals surface area contributed by atoms with E-state index in [4.69, 9.17) is 0 Å². The van der Waals surface area contributed by atoms with Gasteiger partial charge in [0.05, 0.1) is 0 Å². The lowest BCUT2D eigenvalue weighted by Crippen LogP contribution is -2.28. The lowest BCUT2D eigenvalue weighted by atomic mass is 9.93. The highest BCUT2D eigenvalue weighted by Gasteiger charge is 2.12. The van der Waals surface area contributed by atoms with Gasteiger partial charge in [0.1, 0.15) is 12.2 Å². The van der Waals surface area contributed by atoms with Gasteiger partial charge >= 0.3 is 0 Å². The first-order chi connectivity index (χ1) is 10.1. The third kappa shape index (κ3) is 4.15. The normalized spacial score (nSPS) is 12.1. The smallest absolute Gasteiger partial charge is 0.220 e. The molecule has 0 radical (unpaired) electrons. The highest BCUT2D eigenvalue weighted by molar-refractivity contribution is 5.76. The van der Waals surface area contributed by atoms with E-state index >= 15 is 0 Å². The molecule has 0 saturated heterocycles. The summed E-state index contributed by atoms with van der Waals surface area (Å²) in [5, 5.41) is 10.7. The molecule has 112 valence electrons. The number of nitrogens with zero attached hydrogens (tertiary/aromatic N) is 3. The number of carbonyl (C=O) groups is 1. The van der Waals surface area contributed by atoms with Gasteiger partial charge in [-0.3, -0.25) is 4.79 Å². The van der Waals surface area contributed by atoms with Crippen molar-refractivity contribution in [2.24, 2.45) is 0 Å². The third-order valence-corrected chi connectivity index (χ3v) is 3.69. The molecule has 1 amide bonds. The molecule has 1 aromatic heterocycles. The minimum atomic E-state index is 0.0801. The van der Waals surface area contributed by atoms with Crippen molar-refractivity contribution in [2.45, 2.75) is 39.7 Å². The summed E-state index contributed by atoms with van der Waals surface area (Å²) < 4.78 is 1.92. The molecule has 5 nitrogen and oxygen atoms in total. The molecule has 1 heterocycles. The Balaban J connectivity index is 1.79. The number of aryl methyl sites for hydroxylation is 2. The van der Waals surface area contributed by atoms with Gasteiger partial charge in [-0.1, -0.05) is 31.2 Å². The maximum Gasteiger partial charge on any atom is 0.220 e. The van der Waals surface area contributed by atoms with E-state index in [2.05, 4.69) is 41.5 Å². The summed E-state index contributed by atoms with van der Waals surface area (Å²) in [5.41, 5.74) is 2.47. The van der Waals surface area contributed by atoms with Crippen LogP contribution in [-0.2, 0) is 11.3 Å². The zero-order valence-corrected chi connectivity index (χ0v) is 12.8. The molecule has 21 heavy (non-hydrogen) atoms. The second-order valence-corrected chi connectivity index (χ2v) is 5.38. The van der Waals surface area contributed by atoms with Gasteiger partial charge in [-0.2, -0.15) is 0 Å². The van der Waals surface area contributed by atoms with E-state index in [9.17, 15) is 4.79 Å². The van der Waals surface area contributed by atoms with Gasteiger partial charge in [-0.05, 0) is 30.9 Å². The van der Waals surface area contributed by atoms with E-state index in [0.717, 1.165) is 5.82 Å². The van der Waals surface area contributed by atoms with Crippen LogP contribution >= 0.6 is 0 Å². The maximum atomic E-state index is 12.0. The van der Waals surface area contributed by atoms with Crippen molar-refractivity contribution in [3.05, 3.63) is 47.5 Å². The van der Waals surface area contributed by atoms with Crippen molar-refractivity contribution in [1.29, 1.82) is 0 Å². The molecule has 0 unspecified atom stereocenters. The third-order valence-electron chi connectivity index (χ3n) is 3.69. The molecule has 0 aliphatic heterocycles. The molecule has 0 aliphatic rings. The molecule has 0 bridgehead atoms. The zero-order valence-electron chi connectivity index (χ0n) is 12.8. The standard InChI is InChI=1S/C16H22N4O/c1-12-6-4-5-7-15(12)13(2)10-16(21)17-8-9-20-11-18-19-14(20)3/h4-7,11,13H,8-10H2,1-3H3,(H,17,21)/t13-/m1/s1. The number of nitrogens with one attached hydrogen (secondary N) is 1. The van der Waals surface area contributed by atoms with Crippen LogP contribution in [0.3, 0.4) is 0 Å². The Morgan fingerprint density at radius 1 is 1.33 bits per heavy atom. The quantitative estimate of drug-likeness (QED) is 0.885. The van der Waals surface area contributed by atoms with E-state index in [-0.39, 0.29) is 11.8 Å². The number of hydrogen-bond donors (Lipinski definition) is 1. The SMILES string of the molecule is Cc1ccccc1[C@H](C)CC(=O)NCCn1cnnc1C. The molecular weight excluding hydrogens is 264 g/mol. The lowest BCUT2D eigenvalue weighted by molar-refractivity contribution is -0.121. The highest BCUT2D eigenvalue weighted by Crippen LogP contribution is 2.21. The minimum absolute atomic E-state index is 0.0801. The van der Waals surface area contributed by atoms with Gasteiger partial charge < -0.3 is 9.88 Å². The molecule has 2 aromatic rings. The second-order valence-electron chi connectivity index (χ2n) is 5.38. The molecule has 0 fully saturated rings. The predicted octanol–water partition coefficient (Wildman–Crippen LogP) is 2.20. The molecule has 0 aliphatic carbocycles. The first kappa shape index (κ1) is 15.2. The van der Waals surface area contributed by atoms with E-state index in [1.54, 1.807) is 6.33 Å². The fourth-order valence-corrected chi connectivity index (χ4v) is 2.45. The molecular formula is C16H22N4O. The first-order valence-corrected chi connectivity index (χ1v) is 7.24. The largest absolute Gasteiger partial charge is 0.354 e. The number of rotatable bonds is 6. The van der Waals surface area contributed by atoms with Crippen LogP contribution in [0, 0.1) is 13.8 Å². The second kappa shape index (κ2) is 7.02. The highest BCUT2D eigenvalue weighted by atomic mass is 16.1. The first-order valence-electron chi connectivity index (χ1n) is 7.24.